The molecule has 17 heavy (non-hydrogen) atoms. The van der Waals surface area contributed by atoms with Crippen molar-refractivity contribution < 1.29 is 9.53 Å². The fourth-order valence-corrected chi connectivity index (χ4v) is 1.90. The molecule has 0 fully saturated rings. The molecule has 0 heterocycles. The van der Waals surface area contributed by atoms with Gasteiger partial charge in [-0.2, -0.15) is 0 Å². The number of esters is 1. The number of carbonyl (C=O) groups is 1. The molecule has 0 radical (unpaired) electrons. The van der Waals surface area contributed by atoms with Gasteiger partial charge in [-0.1, -0.05) is 37.6 Å². The molecule has 0 spiro atoms. The van der Waals surface area contributed by atoms with Crippen LogP contribution in [-0.2, 0) is 9.53 Å². The Morgan fingerprint density at radius 3 is 2.35 bits per heavy atom. The van der Waals surface area contributed by atoms with Crippen LogP contribution in [0.4, 0.5) is 0 Å². The molecule has 1 aromatic rings. The second kappa shape index (κ2) is 6.65. The summed E-state index contributed by atoms with van der Waals surface area (Å²) in [4.78, 5) is 11.9. The van der Waals surface area contributed by atoms with E-state index >= 15 is 0 Å². The van der Waals surface area contributed by atoms with Gasteiger partial charge >= 0.3 is 5.97 Å². The van der Waals surface area contributed by atoms with Crippen molar-refractivity contribution in [2.45, 2.75) is 33.1 Å². The third-order valence-electron chi connectivity index (χ3n) is 2.55. The highest BCUT2D eigenvalue weighted by Crippen LogP contribution is 2.26. The number of rotatable bonds is 5. The van der Waals surface area contributed by atoms with Crippen molar-refractivity contribution in [2.24, 2.45) is 5.92 Å². The number of carbonyl (C=O) groups excluding carboxylic acids is 1. The lowest BCUT2D eigenvalue weighted by Gasteiger charge is -2.17. The van der Waals surface area contributed by atoms with Gasteiger partial charge in [-0.05, 0) is 37.0 Å². The number of hydrogen-bond acceptors (Lipinski definition) is 2. The summed E-state index contributed by atoms with van der Waals surface area (Å²) in [6, 6.07) is 7.41. The van der Waals surface area contributed by atoms with Gasteiger partial charge in [0.1, 0.15) is 0 Å². The standard InChI is InChI=1S/C14H19ClO2/c1-4-17-14(16)13(9-10(2)3)11-5-7-12(15)8-6-11/h5-8,10,13H,4,9H2,1-3H3. The Morgan fingerprint density at radius 1 is 1.29 bits per heavy atom. The zero-order chi connectivity index (χ0) is 12.8. The number of benzene rings is 1. The van der Waals surface area contributed by atoms with E-state index in [-0.39, 0.29) is 11.9 Å². The molecular weight excluding hydrogens is 236 g/mol. The first kappa shape index (κ1) is 14.0. The number of ether oxygens (including phenoxy) is 1. The van der Waals surface area contributed by atoms with Gasteiger partial charge in [0.05, 0.1) is 12.5 Å². The van der Waals surface area contributed by atoms with Crippen LogP contribution in [0.3, 0.4) is 0 Å². The van der Waals surface area contributed by atoms with Crippen LogP contribution in [0.5, 0.6) is 0 Å². The van der Waals surface area contributed by atoms with Crippen LogP contribution in [-0.4, -0.2) is 12.6 Å². The fourth-order valence-electron chi connectivity index (χ4n) is 1.78. The zero-order valence-corrected chi connectivity index (χ0v) is 11.3. The number of hydrogen-bond donors (Lipinski definition) is 0. The molecule has 0 saturated carbocycles. The highest BCUT2D eigenvalue weighted by atomic mass is 35.5. The summed E-state index contributed by atoms with van der Waals surface area (Å²) < 4.78 is 5.12. The third kappa shape index (κ3) is 4.39. The molecule has 0 aliphatic heterocycles. The van der Waals surface area contributed by atoms with Gasteiger partial charge in [0.15, 0.2) is 0 Å². The van der Waals surface area contributed by atoms with E-state index in [0.717, 1.165) is 12.0 Å². The highest BCUT2D eigenvalue weighted by molar-refractivity contribution is 6.30. The van der Waals surface area contributed by atoms with Gasteiger partial charge in [0.2, 0.25) is 0 Å². The zero-order valence-electron chi connectivity index (χ0n) is 10.6. The maximum atomic E-state index is 11.9. The van der Waals surface area contributed by atoms with Crippen molar-refractivity contribution in [2.75, 3.05) is 6.61 Å². The first-order chi connectivity index (χ1) is 8.04. The van der Waals surface area contributed by atoms with E-state index in [9.17, 15) is 4.79 Å². The van der Waals surface area contributed by atoms with Crippen molar-refractivity contribution in [3.8, 4) is 0 Å². The summed E-state index contributed by atoms with van der Waals surface area (Å²) in [5.41, 5.74) is 0.974. The SMILES string of the molecule is CCOC(=O)C(CC(C)C)c1ccc(Cl)cc1. The normalized spacial score (nSPS) is 12.5. The molecule has 1 unspecified atom stereocenters. The maximum Gasteiger partial charge on any atom is 0.313 e. The largest absolute Gasteiger partial charge is 0.466 e. The first-order valence-electron chi connectivity index (χ1n) is 5.96. The lowest BCUT2D eigenvalue weighted by atomic mass is 9.90. The van der Waals surface area contributed by atoms with Crippen molar-refractivity contribution in [1.29, 1.82) is 0 Å². The van der Waals surface area contributed by atoms with E-state index in [4.69, 9.17) is 16.3 Å². The Bertz CT molecular complexity index is 357. The minimum Gasteiger partial charge on any atom is -0.466 e. The molecule has 0 aliphatic rings. The molecular formula is C14H19ClO2. The topological polar surface area (TPSA) is 26.3 Å². The Hall–Kier alpha value is -1.02. The molecule has 0 aromatic heterocycles. The van der Waals surface area contributed by atoms with Crippen LogP contribution in [0.1, 0.15) is 38.7 Å². The summed E-state index contributed by atoms with van der Waals surface area (Å²) >= 11 is 5.85. The molecule has 0 saturated heterocycles. The molecule has 0 aliphatic carbocycles. The summed E-state index contributed by atoms with van der Waals surface area (Å²) in [5, 5.41) is 0.681. The maximum absolute atomic E-state index is 11.9. The fraction of sp³-hybridized carbons (Fsp3) is 0.500. The minimum atomic E-state index is -0.188. The van der Waals surface area contributed by atoms with E-state index < -0.39 is 0 Å². The molecule has 0 bridgehead atoms. The minimum absolute atomic E-state index is 0.150. The van der Waals surface area contributed by atoms with Crippen molar-refractivity contribution in [1.82, 2.24) is 0 Å². The smallest absolute Gasteiger partial charge is 0.313 e. The van der Waals surface area contributed by atoms with Gasteiger partial charge < -0.3 is 4.74 Å². The summed E-state index contributed by atoms with van der Waals surface area (Å²) in [6.45, 7) is 6.44. The summed E-state index contributed by atoms with van der Waals surface area (Å²) in [7, 11) is 0. The van der Waals surface area contributed by atoms with Crippen LogP contribution in [0.25, 0.3) is 0 Å². The molecule has 0 amide bonds. The molecule has 0 N–H and O–H groups in total. The predicted molar refractivity (Wildman–Crippen MR) is 70.3 cm³/mol. The van der Waals surface area contributed by atoms with E-state index in [0.29, 0.717) is 17.5 Å². The highest BCUT2D eigenvalue weighted by Gasteiger charge is 2.22. The molecule has 1 rings (SSSR count). The van der Waals surface area contributed by atoms with E-state index in [1.807, 2.05) is 31.2 Å². The molecule has 94 valence electrons. The molecule has 2 nitrogen and oxygen atoms in total. The lowest BCUT2D eigenvalue weighted by Crippen LogP contribution is -2.17. The Morgan fingerprint density at radius 2 is 1.88 bits per heavy atom. The van der Waals surface area contributed by atoms with E-state index in [1.54, 1.807) is 0 Å². The quantitative estimate of drug-likeness (QED) is 0.742. The lowest BCUT2D eigenvalue weighted by molar-refractivity contribution is -0.145. The first-order valence-corrected chi connectivity index (χ1v) is 6.34. The monoisotopic (exact) mass is 254 g/mol. The van der Waals surface area contributed by atoms with E-state index in [1.165, 1.54) is 0 Å². The Balaban J connectivity index is 2.89. The number of halogens is 1. The molecule has 1 aromatic carbocycles. The second-order valence-corrected chi connectivity index (χ2v) is 4.92. The van der Waals surface area contributed by atoms with Crippen molar-refractivity contribution in [3.63, 3.8) is 0 Å². The summed E-state index contributed by atoms with van der Waals surface area (Å²) in [6.07, 6.45) is 0.792. The molecule has 1 atom stereocenters. The average Bonchev–Trinajstić information content (AvgIpc) is 2.27. The predicted octanol–water partition coefficient (Wildman–Crippen LogP) is 4.03. The summed E-state index contributed by atoms with van der Waals surface area (Å²) in [5.74, 6) is 0.107. The van der Waals surface area contributed by atoms with Crippen LogP contribution < -0.4 is 0 Å². The second-order valence-electron chi connectivity index (χ2n) is 4.49. The third-order valence-corrected chi connectivity index (χ3v) is 2.80. The van der Waals surface area contributed by atoms with Crippen LogP contribution in [0, 0.1) is 5.92 Å². The van der Waals surface area contributed by atoms with Gasteiger partial charge in [0, 0.05) is 5.02 Å². The van der Waals surface area contributed by atoms with Gasteiger partial charge in [-0.15, -0.1) is 0 Å². The van der Waals surface area contributed by atoms with Crippen LogP contribution in [0.15, 0.2) is 24.3 Å². The van der Waals surface area contributed by atoms with E-state index in [2.05, 4.69) is 13.8 Å². The average molecular weight is 255 g/mol. The van der Waals surface area contributed by atoms with Crippen LogP contribution in [0.2, 0.25) is 5.02 Å². The van der Waals surface area contributed by atoms with Crippen LogP contribution >= 0.6 is 11.6 Å². The van der Waals surface area contributed by atoms with Crippen molar-refractivity contribution in [3.05, 3.63) is 34.9 Å². The van der Waals surface area contributed by atoms with Crippen molar-refractivity contribution >= 4 is 17.6 Å². The Labute approximate surface area is 108 Å². The molecule has 3 heteroatoms. The van der Waals surface area contributed by atoms with Gasteiger partial charge in [-0.25, -0.2) is 0 Å². The van der Waals surface area contributed by atoms with Gasteiger partial charge in [-0.3, -0.25) is 4.79 Å². The Kier molecular flexibility index (Phi) is 5.49. The van der Waals surface area contributed by atoms with Gasteiger partial charge in [0.25, 0.3) is 0 Å².